The number of nitrogens with zero attached hydrogens (tertiary/aromatic N) is 3. The number of ether oxygens (including phenoxy) is 1. The van der Waals surface area contributed by atoms with Gasteiger partial charge in [0.1, 0.15) is 16.8 Å². The Morgan fingerprint density at radius 1 is 1.25 bits per heavy atom. The van der Waals surface area contributed by atoms with Gasteiger partial charge in [-0.15, -0.1) is 11.3 Å². The van der Waals surface area contributed by atoms with Crippen LogP contribution in [0.5, 0.6) is 0 Å². The van der Waals surface area contributed by atoms with E-state index in [1.54, 1.807) is 17.4 Å². The minimum absolute atomic E-state index is 0.0292. The highest BCUT2D eigenvalue weighted by molar-refractivity contribution is 7.16. The van der Waals surface area contributed by atoms with E-state index < -0.39 is 0 Å². The van der Waals surface area contributed by atoms with E-state index >= 15 is 0 Å². The van der Waals surface area contributed by atoms with Crippen LogP contribution in [0.4, 0.5) is 5.00 Å². The van der Waals surface area contributed by atoms with Crippen LogP contribution in [-0.2, 0) is 22.4 Å². The molecule has 1 N–H and O–H groups in total. The van der Waals surface area contributed by atoms with Crippen LogP contribution in [0.25, 0.3) is 0 Å². The average Bonchev–Trinajstić information content (AvgIpc) is 3.35. The summed E-state index contributed by atoms with van der Waals surface area (Å²) >= 11 is 1.59. The van der Waals surface area contributed by atoms with Crippen LogP contribution < -0.4 is 5.32 Å². The van der Waals surface area contributed by atoms with E-state index in [0.717, 1.165) is 62.2 Å². The zero-order valence-corrected chi connectivity index (χ0v) is 19.4. The molecule has 7 nitrogen and oxygen atoms in total. The van der Waals surface area contributed by atoms with Gasteiger partial charge in [-0.1, -0.05) is 6.42 Å². The van der Waals surface area contributed by atoms with E-state index in [1.165, 1.54) is 18.4 Å². The molecular formula is C24H30N4O3S. The number of nitriles is 1. The third-order valence-electron chi connectivity index (χ3n) is 6.57. The highest BCUT2D eigenvalue weighted by atomic mass is 32.1. The summed E-state index contributed by atoms with van der Waals surface area (Å²) in [5.74, 6) is -0.338. The summed E-state index contributed by atoms with van der Waals surface area (Å²) in [5.41, 5.74) is 2.42. The number of anilines is 1. The highest BCUT2D eigenvalue weighted by Gasteiger charge is 2.25. The Hall–Kier alpha value is -2.63. The van der Waals surface area contributed by atoms with Crippen LogP contribution >= 0.6 is 11.3 Å². The molecule has 0 radical (unpaired) electrons. The summed E-state index contributed by atoms with van der Waals surface area (Å²) in [6.07, 6.45) is 9.64. The van der Waals surface area contributed by atoms with Gasteiger partial charge in [0.05, 0.1) is 12.7 Å². The topological polar surface area (TPSA) is 87.4 Å². The SMILES string of the molecule is COC(=O)c1cccn1C1CCN(CCC(=O)Nc2sc3c(c2C#N)CCCCC3)CC1. The monoisotopic (exact) mass is 454 g/mol. The number of methoxy groups -OCH3 is 1. The molecule has 3 heterocycles. The molecule has 0 atom stereocenters. The molecule has 1 aliphatic heterocycles. The number of esters is 1. The number of aromatic nitrogens is 1. The van der Waals surface area contributed by atoms with Crippen molar-refractivity contribution in [2.24, 2.45) is 0 Å². The number of rotatable bonds is 6. The molecule has 2 aromatic rings. The van der Waals surface area contributed by atoms with Crippen molar-refractivity contribution in [3.05, 3.63) is 40.0 Å². The first-order valence-corrected chi connectivity index (χ1v) is 12.2. The van der Waals surface area contributed by atoms with Gasteiger partial charge < -0.3 is 19.5 Å². The quantitative estimate of drug-likeness (QED) is 0.524. The molecule has 4 rings (SSSR count). The van der Waals surface area contributed by atoms with Crippen LogP contribution in [0.15, 0.2) is 18.3 Å². The lowest BCUT2D eigenvalue weighted by atomic mass is 10.0. The van der Waals surface area contributed by atoms with E-state index in [-0.39, 0.29) is 17.9 Å². The fraction of sp³-hybridized carbons (Fsp3) is 0.542. The maximum atomic E-state index is 12.6. The Bertz CT molecular complexity index is 1010. The number of piperidine rings is 1. The van der Waals surface area contributed by atoms with Gasteiger partial charge in [0, 0.05) is 43.2 Å². The number of aryl methyl sites for hydroxylation is 1. The lowest BCUT2D eigenvalue weighted by molar-refractivity contribution is -0.116. The van der Waals surface area contributed by atoms with Crippen molar-refractivity contribution < 1.29 is 14.3 Å². The maximum absolute atomic E-state index is 12.6. The van der Waals surface area contributed by atoms with Crippen molar-refractivity contribution in [1.82, 2.24) is 9.47 Å². The molecule has 0 saturated carbocycles. The van der Waals surface area contributed by atoms with Gasteiger partial charge >= 0.3 is 5.97 Å². The first-order chi connectivity index (χ1) is 15.6. The molecule has 0 aromatic carbocycles. The molecule has 1 amide bonds. The number of hydrogen-bond donors (Lipinski definition) is 1. The Kier molecular flexibility index (Phi) is 7.28. The summed E-state index contributed by atoms with van der Waals surface area (Å²) < 4.78 is 6.89. The fourth-order valence-electron chi connectivity index (χ4n) is 4.81. The second kappa shape index (κ2) is 10.3. The molecule has 2 aliphatic rings. The first kappa shape index (κ1) is 22.6. The molecule has 0 bridgehead atoms. The molecule has 1 aliphatic carbocycles. The van der Waals surface area contributed by atoms with Gasteiger partial charge in [-0.25, -0.2) is 4.79 Å². The van der Waals surface area contributed by atoms with E-state index in [1.807, 2.05) is 16.8 Å². The molecular weight excluding hydrogens is 424 g/mol. The molecule has 1 fully saturated rings. The van der Waals surface area contributed by atoms with Crippen molar-refractivity contribution in [3.8, 4) is 6.07 Å². The van der Waals surface area contributed by atoms with Gasteiger partial charge in [-0.2, -0.15) is 5.26 Å². The highest BCUT2D eigenvalue weighted by Crippen LogP contribution is 2.37. The van der Waals surface area contributed by atoms with Crippen molar-refractivity contribution in [1.29, 1.82) is 5.26 Å². The fourth-order valence-corrected chi connectivity index (χ4v) is 6.06. The summed E-state index contributed by atoms with van der Waals surface area (Å²) in [6, 6.07) is 6.27. The van der Waals surface area contributed by atoms with E-state index in [0.29, 0.717) is 24.2 Å². The van der Waals surface area contributed by atoms with Crippen LogP contribution in [-0.4, -0.2) is 48.1 Å². The van der Waals surface area contributed by atoms with Crippen LogP contribution in [0.1, 0.15) is 71.1 Å². The standard InChI is InChI=1S/C24H30N4O3S/c1-31-24(30)20-7-5-12-28(20)17-9-13-27(14-10-17)15-11-22(29)26-23-19(16-25)18-6-3-2-4-8-21(18)32-23/h5,7,12,17H,2-4,6,8-11,13-15H2,1H3,(H,26,29). The van der Waals surface area contributed by atoms with Crippen molar-refractivity contribution in [2.75, 3.05) is 32.1 Å². The molecule has 170 valence electrons. The number of nitrogens with one attached hydrogen (secondary N) is 1. The van der Waals surface area contributed by atoms with E-state index in [2.05, 4.69) is 16.3 Å². The third kappa shape index (κ3) is 4.89. The van der Waals surface area contributed by atoms with Gasteiger partial charge in [0.15, 0.2) is 0 Å². The largest absolute Gasteiger partial charge is 0.464 e. The molecule has 32 heavy (non-hydrogen) atoms. The normalized spacial score (nSPS) is 17.2. The van der Waals surface area contributed by atoms with Crippen LogP contribution in [0.3, 0.4) is 0 Å². The van der Waals surface area contributed by atoms with E-state index in [4.69, 9.17) is 4.74 Å². The Morgan fingerprint density at radius 3 is 2.78 bits per heavy atom. The number of hydrogen-bond acceptors (Lipinski definition) is 6. The van der Waals surface area contributed by atoms with Crippen molar-refractivity contribution >= 4 is 28.2 Å². The Balaban J connectivity index is 1.28. The lowest BCUT2D eigenvalue weighted by Crippen LogP contribution is -2.37. The summed E-state index contributed by atoms with van der Waals surface area (Å²) in [7, 11) is 1.40. The minimum atomic E-state index is -0.309. The second-order valence-corrected chi connectivity index (χ2v) is 9.65. The molecule has 1 saturated heterocycles. The number of carbonyl (C=O) groups excluding carboxylic acids is 2. The summed E-state index contributed by atoms with van der Waals surface area (Å²) in [5, 5.41) is 13.4. The van der Waals surface area contributed by atoms with E-state index in [9.17, 15) is 14.9 Å². The summed E-state index contributed by atoms with van der Waals surface area (Å²) in [4.78, 5) is 28.1. The number of likely N-dealkylation sites (tertiary alicyclic amines) is 1. The van der Waals surface area contributed by atoms with Crippen LogP contribution in [0, 0.1) is 11.3 Å². The van der Waals surface area contributed by atoms with Crippen molar-refractivity contribution in [2.45, 2.75) is 57.4 Å². The van der Waals surface area contributed by atoms with Gasteiger partial charge in [0.25, 0.3) is 0 Å². The zero-order chi connectivity index (χ0) is 22.5. The number of carbonyl (C=O) groups is 2. The predicted molar refractivity (Wildman–Crippen MR) is 124 cm³/mol. The Labute approximate surface area is 193 Å². The molecule has 0 spiro atoms. The second-order valence-electron chi connectivity index (χ2n) is 8.54. The van der Waals surface area contributed by atoms with Gasteiger partial charge in [-0.05, 0) is 56.2 Å². The zero-order valence-electron chi connectivity index (χ0n) is 18.6. The predicted octanol–water partition coefficient (Wildman–Crippen LogP) is 4.14. The maximum Gasteiger partial charge on any atom is 0.354 e. The minimum Gasteiger partial charge on any atom is -0.464 e. The van der Waals surface area contributed by atoms with Gasteiger partial charge in [0.2, 0.25) is 5.91 Å². The number of thiophene rings is 1. The first-order valence-electron chi connectivity index (χ1n) is 11.4. The lowest BCUT2D eigenvalue weighted by Gasteiger charge is -2.33. The average molecular weight is 455 g/mol. The molecule has 0 unspecified atom stereocenters. The Morgan fingerprint density at radius 2 is 2.03 bits per heavy atom. The number of amides is 1. The molecule has 2 aromatic heterocycles. The smallest absolute Gasteiger partial charge is 0.354 e. The van der Waals surface area contributed by atoms with Gasteiger partial charge in [-0.3, -0.25) is 4.79 Å². The number of fused-ring (bicyclic) bond motifs is 1. The van der Waals surface area contributed by atoms with Crippen molar-refractivity contribution in [3.63, 3.8) is 0 Å². The summed E-state index contributed by atoms with van der Waals surface area (Å²) in [6.45, 7) is 2.46. The van der Waals surface area contributed by atoms with Crippen LogP contribution in [0.2, 0.25) is 0 Å². The third-order valence-corrected chi connectivity index (χ3v) is 7.77. The molecule has 8 heteroatoms.